The van der Waals surface area contributed by atoms with Gasteiger partial charge in [-0.2, -0.15) is 0 Å². The zero-order valence-electron chi connectivity index (χ0n) is 9.49. The van der Waals surface area contributed by atoms with Gasteiger partial charge in [0, 0.05) is 18.1 Å². The molecule has 0 aliphatic heterocycles. The molecule has 2 rings (SSSR count). The van der Waals surface area contributed by atoms with E-state index < -0.39 is 0 Å². The van der Waals surface area contributed by atoms with Crippen molar-refractivity contribution in [3.8, 4) is 5.88 Å². The van der Waals surface area contributed by atoms with E-state index in [1.165, 1.54) is 32.1 Å². The van der Waals surface area contributed by atoms with Crippen LogP contribution in [0.4, 0.5) is 0 Å². The van der Waals surface area contributed by atoms with Gasteiger partial charge in [0.15, 0.2) is 0 Å². The number of rotatable bonds is 4. The van der Waals surface area contributed by atoms with Crippen LogP contribution in [0.2, 0.25) is 0 Å². The maximum Gasteiger partial charge on any atom is 0.213 e. The summed E-state index contributed by atoms with van der Waals surface area (Å²) in [6.45, 7) is 0.804. The highest BCUT2D eigenvalue weighted by Gasteiger charge is 2.14. The Kier molecular flexibility index (Phi) is 4.46. The molecule has 0 N–H and O–H groups in total. The third-order valence-corrected chi connectivity index (χ3v) is 3.45. The van der Waals surface area contributed by atoms with Crippen LogP contribution in [0.3, 0.4) is 0 Å². The van der Waals surface area contributed by atoms with Crippen LogP contribution in [0.5, 0.6) is 5.88 Å². The molecule has 1 heterocycles. The normalized spacial score (nSPS) is 17.3. The first-order valence-electron chi connectivity index (χ1n) is 6.02. The maximum absolute atomic E-state index is 5.76. The first-order chi connectivity index (χ1) is 7.88. The number of pyridine rings is 1. The molecule has 0 radical (unpaired) electrons. The summed E-state index contributed by atoms with van der Waals surface area (Å²) in [5.41, 5.74) is 1.07. The van der Waals surface area contributed by atoms with Crippen molar-refractivity contribution in [3.63, 3.8) is 0 Å². The standard InChI is InChI=1S/C13H18ClNO/c14-9-12-6-7-15-13(8-12)16-10-11-4-2-1-3-5-11/h6-8,11H,1-5,9-10H2. The van der Waals surface area contributed by atoms with Crippen LogP contribution < -0.4 is 4.74 Å². The maximum atomic E-state index is 5.76. The number of aromatic nitrogens is 1. The minimum atomic E-state index is 0.516. The summed E-state index contributed by atoms with van der Waals surface area (Å²) < 4.78 is 5.72. The van der Waals surface area contributed by atoms with Crippen LogP contribution in [0.25, 0.3) is 0 Å². The molecule has 1 fully saturated rings. The molecule has 1 aromatic rings. The van der Waals surface area contributed by atoms with Gasteiger partial charge in [0.2, 0.25) is 5.88 Å². The van der Waals surface area contributed by atoms with Crippen molar-refractivity contribution < 1.29 is 4.74 Å². The van der Waals surface area contributed by atoms with Gasteiger partial charge in [-0.1, -0.05) is 19.3 Å². The number of hydrogen-bond donors (Lipinski definition) is 0. The van der Waals surface area contributed by atoms with Crippen LogP contribution in [0.1, 0.15) is 37.7 Å². The molecule has 3 heteroatoms. The fourth-order valence-corrected chi connectivity index (χ4v) is 2.34. The molecule has 1 aromatic heterocycles. The highest BCUT2D eigenvalue weighted by Crippen LogP contribution is 2.24. The Morgan fingerprint density at radius 1 is 1.31 bits per heavy atom. The Balaban J connectivity index is 1.83. The second-order valence-electron chi connectivity index (χ2n) is 4.45. The van der Waals surface area contributed by atoms with Crippen molar-refractivity contribution in [2.75, 3.05) is 6.61 Å². The summed E-state index contributed by atoms with van der Waals surface area (Å²) in [4.78, 5) is 4.19. The Labute approximate surface area is 102 Å². The largest absolute Gasteiger partial charge is 0.477 e. The molecule has 0 unspecified atom stereocenters. The summed E-state index contributed by atoms with van der Waals surface area (Å²) in [5, 5.41) is 0. The van der Waals surface area contributed by atoms with Gasteiger partial charge in [-0.05, 0) is 30.4 Å². The molecular weight excluding hydrogens is 222 g/mol. The fraction of sp³-hybridized carbons (Fsp3) is 0.615. The Bertz CT molecular complexity index is 323. The predicted molar refractivity (Wildman–Crippen MR) is 65.9 cm³/mol. The van der Waals surface area contributed by atoms with E-state index in [0.29, 0.717) is 11.8 Å². The molecule has 88 valence electrons. The first kappa shape index (κ1) is 11.7. The lowest BCUT2D eigenvalue weighted by Crippen LogP contribution is -2.15. The quantitative estimate of drug-likeness (QED) is 0.746. The second kappa shape index (κ2) is 6.09. The molecule has 2 nitrogen and oxygen atoms in total. The number of nitrogens with zero attached hydrogens (tertiary/aromatic N) is 1. The SMILES string of the molecule is ClCc1ccnc(OCC2CCCCC2)c1. The van der Waals surface area contributed by atoms with Crippen LogP contribution in [0.15, 0.2) is 18.3 Å². The molecule has 16 heavy (non-hydrogen) atoms. The monoisotopic (exact) mass is 239 g/mol. The molecule has 0 atom stereocenters. The van der Waals surface area contributed by atoms with Crippen molar-refractivity contribution in [2.24, 2.45) is 5.92 Å². The minimum absolute atomic E-state index is 0.516. The molecule has 0 aromatic carbocycles. The Morgan fingerprint density at radius 3 is 2.88 bits per heavy atom. The lowest BCUT2D eigenvalue weighted by Gasteiger charge is -2.21. The van der Waals surface area contributed by atoms with E-state index in [0.717, 1.165) is 18.1 Å². The molecule has 0 bridgehead atoms. The summed E-state index contributed by atoms with van der Waals surface area (Å²) in [5.74, 6) is 1.95. The average molecular weight is 240 g/mol. The fourth-order valence-electron chi connectivity index (χ4n) is 2.17. The van der Waals surface area contributed by atoms with Gasteiger partial charge in [-0.15, -0.1) is 11.6 Å². The molecule has 0 spiro atoms. The summed E-state index contributed by atoms with van der Waals surface area (Å²) in [7, 11) is 0. The van der Waals surface area contributed by atoms with Gasteiger partial charge < -0.3 is 4.74 Å². The van der Waals surface area contributed by atoms with Gasteiger partial charge in [0.05, 0.1) is 6.61 Å². The first-order valence-corrected chi connectivity index (χ1v) is 6.55. The zero-order chi connectivity index (χ0) is 11.2. The van der Waals surface area contributed by atoms with Crippen LogP contribution >= 0.6 is 11.6 Å². The van der Waals surface area contributed by atoms with E-state index in [4.69, 9.17) is 16.3 Å². The third-order valence-electron chi connectivity index (χ3n) is 3.15. The number of hydrogen-bond acceptors (Lipinski definition) is 2. The Morgan fingerprint density at radius 2 is 2.12 bits per heavy atom. The molecular formula is C13H18ClNO. The van der Waals surface area contributed by atoms with E-state index in [2.05, 4.69) is 4.98 Å². The van der Waals surface area contributed by atoms with Gasteiger partial charge in [0.25, 0.3) is 0 Å². The lowest BCUT2D eigenvalue weighted by molar-refractivity contribution is 0.203. The van der Waals surface area contributed by atoms with Crippen LogP contribution in [0, 0.1) is 5.92 Å². The number of ether oxygens (including phenoxy) is 1. The number of alkyl halides is 1. The summed E-state index contributed by atoms with van der Waals surface area (Å²) in [6, 6.07) is 3.84. The van der Waals surface area contributed by atoms with Gasteiger partial charge in [-0.25, -0.2) is 4.98 Å². The van der Waals surface area contributed by atoms with E-state index in [1.807, 2.05) is 12.1 Å². The van der Waals surface area contributed by atoms with Crippen LogP contribution in [-0.4, -0.2) is 11.6 Å². The zero-order valence-corrected chi connectivity index (χ0v) is 10.2. The van der Waals surface area contributed by atoms with E-state index in [-0.39, 0.29) is 0 Å². The molecule has 0 amide bonds. The van der Waals surface area contributed by atoms with Crippen molar-refractivity contribution in [1.82, 2.24) is 4.98 Å². The van der Waals surface area contributed by atoms with Gasteiger partial charge in [0.1, 0.15) is 0 Å². The van der Waals surface area contributed by atoms with Crippen molar-refractivity contribution in [2.45, 2.75) is 38.0 Å². The molecule has 1 aliphatic rings. The average Bonchev–Trinajstić information content (AvgIpc) is 2.38. The Hall–Kier alpha value is -0.760. The topological polar surface area (TPSA) is 22.1 Å². The van der Waals surface area contributed by atoms with Crippen LogP contribution in [-0.2, 0) is 5.88 Å². The van der Waals surface area contributed by atoms with Crippen molar-refractivity contribution in [1.29, 1.82) is 0 Å². The second-order valence-corrected chi connectivity index (χ2v) is 4.72. The van der Waals surface area contributed by atoms with E-state index in [1.54, 1.807) is 6.20 Å². The lowest BCUT2D eigenvalue weighted by atomic mass is 9.90. The van der Waals surface area contributed by atoms with Gasteiger partial charge in [-0.3, -0.25) is 0 Å². The smallest absolute Gasteiger partial charge is 0.213 e. The summed E-state index contributed by atoms with van der Waals surface area (Å²) >= 11 is 5.76. The van der Waals surface area contributed by atoms with Crippen molar-refractivity contribution in [3.05, 3.63) is 23.9 Å². The molecule has 1 saturated carbocycles. The molecule has 1 aliphatic carbocycles. The highest BCUT2D eigenvalue weighted by molar-refractivity contribution is 6.17. The van der Waals surface area contributed by atoms with E-state index >= 15 is 0 Å². The van der Waals surface area contributed by atoms with Gasteiger partial charge >= 0.3 is 0 Å². The summed E-state index contributed by atoms with van der Waals surface area (Å²) in [6.07, 6.45) is 8.45. The minimum Gasteiger partial charge on any atom is -0.477 e. The van der Waals surface area contributed by atoms with Crippen molar-refractivity contribution >= 4 is 11.6 Å². The number of halogens is 1. The highest BCUT2D eigenvalue weighted by atomic mass is 35.5. The predicted octanol–water partition coefficient (Wildman–Crippen LogP) is 3.78. The molecule has 0 saturated heterocycles. The third kappa shape index (κ3) is 3.38. The van der Waals surface area contributed by atoms with E-state index in [9.17, 15) is 0 Å².